The first-order valence-electron chi connectivity index (χ1n) is 5.30. The van der Waals surface area contributed by atoms with Crippen LogP contribution in [0.15, 0.2) is 30.3 Å². The van der Waals surface area contributed by atoms with Gasteiger partial charge in [-0.2, -0.15) is 0 Å². The monoisotopic (exact) mass is 192 g/mol. The summed E-state index contributed by atoms with van der Waals surface area (Å²) in [7, 11) is 0. The number of benzene rings is 1. The molecule has 1 unspecified atom stereocenters. The summed E-state index contributed by atoms with van der Waals surface area (Å²) in [4.78, 5) is 0. The lowest BCUT2D eigenvalue weighted by molar-refractivity contribution is 0.501. The van der Waals surface area contributed by atoms with E-state index in [1.807, 2.05) is 6.07 Å². The number of hydrogen-bond donors (Lipinski definition) is 2. The third-order valence-electron chi connectivity index (χ3n) is 2.34. The van der Waals surface area contributed by atoms with Crippen LogP contribution in [0.5, 0.6) is 0 Å². The van der Waals surface area contributed by atoms with Crippen LogP contribution in [-0.2, 0) is 6.54 Å². The predicted molar refractivity (Wildman–Crippen MR) is 61.0 cm³/mol. The highest BCUT2D eigenvalue weighted by molar-refractivity contribution is 5.14. The van der Waals surface area contributed by atoms with Crippen LogP contribution in [0.25, 0.3) is 0 Å². The first kappa shape index (κ1) is 11.2. The lowest BCUT2D eigenvalue weighted by atomic mass is 10.1. The average Bonchev–Trinajstić information content (AvgIpc) is 2.25. The van der Waals surface area contributed by atoms with Gasteiger partial charge in [-0.05, 0) is 31.9 Å². The minimum Gasteiger partial charge on any atom is -0.330 e. The van der Waals surface area contributed by atoms with E-state index >= 15 is 0 Å². The molecule has 1 rings (SSSR count). The maximum Gasteiger partial charge on any atom is 0.0207 e. The van der Waals surface area contributed by atoms with Gasteiger partial charge in [0.2, 0.25) is 0 Å². The van der Waals surface area contributed by atoms with Crippen molar-refractivity contribution in [3.63, 3.8) is 0 Å². The highest BCUT2D eigenvalue weighted by Gasteiger charge is 1.99. The van der Waals surface area contributed by atoms with Crippen molar-refractivity contribution in [3.05, 3.63) is 35.9 Å². The second kappa shape index (κ2) is 6.57. The van der Waals surface area contributed by atoms with E-state index in [0.29, 0.717) is 6.04 Å². The van der Waals surface area contributed by atoms with E-state index in [-0.39, 0.29) is 0 Å². The van der Waals surface area contributed by atoms with Crippen molar-refractivity contribution >= 4 is 0 Å². The lowest BCUT2D eigenvalue weighted by Crippen LogP contribution is -2.26. The summed E-state index contributed by atoms with van der Waals surface area (Å²) in [5, 5.41) is 3.48. The average molecular weight is 192 g/mol. The summed E-state index contributed by atoms with van der Waals surface area (Å²) >= 11 is 0. The second-order valence-corrected chi connectivity index (χ2v) is 3.70. The van der Waals surface area contributed by atoms with Gasteiger partial charge in [0.15, 0.2) is 0 Å². The lowest BCUT2D eigenvalue weighted by Gasteiger charge is -2.12. The van der Waals surface area contributed by atoms with Gasteiger partial charge >= 0.3 is 0 Å². The Labute approximate surface area is 86.5 Å². The van der Waals surface area contributed by atoms with Crippen LogP contribution in [-0.4, -0.2) is 12.6 Å². The Morgan fingerprint density at radius 2 is 2.00 bits per heavy atom. The van der Waals surface area contributed by atoms with Gasteiger partial charge in [0.1, 0.15) is 0 Å². The molecule has 0 saturated carbocycles. The largest absolute Gasteiger partial charge is 0.330 e. The van der Waals surface area contributed by atoms with Crippen molar-refractivity contribution in [1.29, 1.82) is 0 Å². The number of hydrogen-bond acceptors (Lipinski definition) is 2. The zero-order valence-electron chi connectivity index (χ0n) is 8.87. The molecule has 1 aromatic carbocycles. The summed E-state index contributed by atoms with van der Waals surface area (Å²) < 4.78 is 0. The first-order valence-corrected chi connectivity index (χ1v) is 5.30. The second-order valence-electron chi connectivity index (χ2n) is 3.70. The van der Waals surface area contributed by atoms with Gasteiger partial charge in [0.05, 0.1) is 0 Å². The highest BCUT2D eigenvalue weighted by atomic mass is 14.9. The van der Waals surface area contributed by atoms with Crippen molar-refractivity contribution in [3.8, 4) is 0 Å². The summed E-state index contributed by atoms with van der Waals surface area (Å²) in [6.07, 6.45) is 2.26. The zero-order chi connectivity index (χ0) is 10.2. The molecule has 0 aliphatic heterocycles. The molecule has 3 N–H and O–H groups in total. The molecule has 0 heterocycles. The summed E-state index contributed by atoms with van der Waals surface area (Å²) in [5.74, 6) is 0. The standard InChI is InChI=1S/C12H20N2/c1-11(6-5-9-13)14-10-12-7-3-2-4-8-12/h2-4,7-8,11,14H,5-6,9-10,13H2,1H3. The first-order chi connectivity index (χ1) is 6.83. The van der Waals surface area contributed by atoms with Gasteiger partial charge in [0.25, 0.3) is 0 Å². The van der Waals surface area contributed by atoms with E-state index < -0.39 is 0 Å². The molecule has 0 aliphatic carbocycles. The number of nitrogens with two attached hydrogens (primary N) is 1. The van der Waals surface area contributed by atoms with Crippen LogP contribution in [0.4, 0.5) is 0 Å². The van der Waals surface area contributed by atoms with Crippen LogP contribution >= 0.6 is 0 Å². The molecule has 0 aliphatic rings. The molecule has 2 nitrogen and oxygen atoms in total. The molecule has 0 radical (unpaired) electrons. The summed E-state index contributed by atoms with van der Waals surface area (Å²) in [6.45, 7) is 3.95. The van der Waals surface area contributed by atoms with Crippen molar-refractivity contribution in [2.75, 3.05) is 6.54 Å². The maximum absolute atomic E-state index is 5.46. The van der Waals surface area contributed by atoms with Gasteiger partial charge in [0, 0.05) is 12.6 Å². The van der Waals surface area contributed by atoms with Crippen molar-refractivity contribution < 1.29 is 0 Å². The predicted octanol–water partition coefficient (Wildman–Crippen LogP) is 1.90. The third-order valence-corrected chi connectivity index (χ3v) is 2.34. The maximum atomic E-state index is 5.46. The van der Waals surface area contributed by atoms with Crippen molar-refractivity contribution in [1.82, 2.24) is 5.32 Å². The molecule has 0 fully saturated rings. The third kappa shape index (κ3) is 4.40. The fraction of sp³-hybridized carbons (Fsp3) is 0.500. The summed E-state index contributed by atoms with van der Waals surface area (Å²) in [5.41, 5.74) is 6.80. The number of rotatable bonds is 6. The van der Waals surface area contributed by atoms with Crippen LogP contribution in [0.2, 0.25) is 0 Å². The van der Waals surface area contributed by atoms with E-state index in [9.17, 15) is 0 Å². The Balaban J connectivity index is 2.20. The molecular formula is C12H20N2. The van der Waals surface area contributed by atoms with E-state index in [1.54, 1.807) is 0 Å². The van der Waals surface area contributed by atoms with Crippen LogP contribution in [0.3, 0.4) is 0 Å². The molecule has 0 bridgehead atoms. The van der Waals surface area contributed by atoms with Gasteiger partial charge in [-0.1, -0.05) is 30.3 Å². The highest BCUT2D eigenvalue weighted by Crippen LogP contribution is 2.00. The molecule has 1 atom stereocenters. The Bertz CT molecular complexity index is 233. The topological polar surface area (TPSA) is 38.0 Å². The van der Waals surface area contributed by atoms with Crippen LogP contribution in [0.1, 0.15) is 25.3 Å². The molecule has 0 amide bonds. The molecule has 0 spiro atoms. The minimum absolute atomic E-state index is 0.554. The number of nitrogens with one attached hydrogen (secondary N) is 1. The van der Waals surface area contributed by atoms with Crippen molar-refractivity contribution in [2.45, 2.75) is 32.4 Å². The van der Waals surface area contributed by atoms with E-state index in [2.05, 4.69) is 36.5 Å². The zero-order valence-corrected chi connectivity index (χ0v) is 8.87. The van der Waals surface area contributed by atoms with Gasteiger partial charge < -0.3 is 11.1 Å². The Morgan fingerprint density at radius 3 is 2.64 bits per heavy atom. The van der Waals surface area contributed by atoms with Gasteiger partial charge in [-0.15, -0.1) is 0 Å². The molecule has 78 valence electrons. The van der Waals surface area contributed by atoms with E-state index in [1.165, 1.54) is 5.56 Å². The Hall–Kier alpha value is -0.860. The van der Waals surface area contributed by atoms with E-state index in [4.69, 9.17) is 5.73 Å². The fourth-order valence-corrected chi connectivity index (χ4v) is 1.41. The van der Waals surface area contributed by atoms with E-state index in [0.717, 1.165) is 25.9 Å². The Kier molecular flexibility index (Phi) is 5.27. The van der Waals surface area contributed by atoms with Crippen LogP contribution < -0.4 is 11.1 Å². The van der Waals surface area contributed by atoms with Gasteiger partial charge in [-0.3, -0.25) is 0 Å². The molecule has 1 aromatic rings. The molecule has 2 heteroatoms. The normalized spacial score (nSPS) is 12.7. The molecular weight excluding hydrogens is 172 g/mol. The molecule has 14 heavy (non-hydrogen) atoms. The molecule has 0 aromatic heterocycles. The fourth-order valence-electron chi connectivity index (χ4n) is 1.41. The summed E-state index contributed by atoms with van der Waals surface area (Å²) in [6, 6.07) is 11.0. The quantitative estimate of drug-likeness (QED) is 0.722. The van der Waals surface area contributed by atoms with Crippen LogP contribution in [0, 0.1) is 0 Å². The van der Waals surface area contributed by atoms with Crippen molar-refractivity contribution in [2.24, 2.45) is 5.73 Å². The smallest absolute Gasteiger partial charge is 0.0207 e. The SMILES string of the molecule is CC(CCCN)NCc1ccccc1. The minimum atomic E-state index is 0.554. The molecule has 0 saturated heterocycles. The van der Waals surface area contributed by atoms with Gasteiger partial charge in [-0.25, -0.2) is 0 Å². The Morgan fingerprint density at radius 1 is 1.29 bits per heavy atom.